The molecular weight excluding hydrogens is 248 g/mol. The van der Waals surface area contributed by atoms with E-state index in [1.165, 1.54) is 0 Å². The van der Waals surface area contributed by atoms with Crippen LogP contribution in [0.1, 0.15) is 36.8 Å². The maximum atomic E-state index is 11.0. The smallest absolute Gasteiger partial charge is 0.340 e. The lowest BCUT2D eigenvalue weighted by atomic mass is 9.89. The Kier molecular flexibility index (Phi) is 2.71. The van der Waals surface area contributed by atoms with E-state index in [1.54, 1.807) is 11.7 Å². The van der Waals surface area contributed by atoms with Crippen LogP contribution in [-0.2, 0) is 12.5 Å². The minimum atomic E-state index is -0.949. The first kappa shape index (κ1) is 11.2. The number of aromatic carboxylic acids is 1. The van der Waals surface area contributed by atoms with Gasteiger partial charge in [-0.2, -0.15) is 5.10 Å². The molecule has 1 aromatic rings. The van der Waals surface area contributed by atoms with Crippen molar-refractivity contribution < 1.29 is 9.90 Å². The Bertz CT molecular complexity index is 377. The molecule has 0 aliphatic heterocycles. The molecule has 1 heterocycles. The van der Waals surface area contributed by atoms with Gasteiger partial charge in [0, 0.05) is 12.5 Å². The monoisotopic (exact) mass is 260 g/mol. The molecule has 0 bridgehead atoms. The van der Waals surface area contributed by atoms with Gasteiger partial charge in [0.2, 0.25) is 0 Å². The molecule has 0 aliphatic carbocycles. The van der Waals surface area contributed by atoms with Crippen LogP contribution in [-0.4, -0.2) is 20.9 Å². The van der Waals surface area contributed by atoms with Gasteiger partial charge in [-0.1, -0.05) is 20.8 Å². The van der Waals surface area contributed by atoms with Gasteiger partial charge >= 0.3 is 5.97 Å². The fourth-order valence-corrected chi connectivity index (χ4v) is 2.14. The van der Waals surface area contributed by atoms with E-state index in [0.29, 0.717) is 4.60 Å². The first-order chi connectivity index (χ1) is 6.25. The zero-order valence-corrected chi connectivity index (χ0v) is 10.2. The minimum Gasteiger partial charge on any atom is -0.478 e. The van der Waals surface area contributed by atoms with Crippen LogP contribution < -0.4 is 0 Å². The highest BCUT2D eigenvalue weighted by Crippen LogP contribution is 2.29. The molecule has 0 amide bonds. The number of carboxylic acids is 1. The topological polar surface area (TPSA) is 55.1 Å². The van der Waals surface area contributed by atoms with Gasteiger partial charge < -0.3 is 5.11 Å². The zero-order chi connectivity index (χ0) is 11.1. The highest BCUT2D eigenvalue weighted by atomic mass is 79.9. The van der Waals surface area contributed by atoms with Crippen LogP contribution in [0.25, 0.3) is 0 Å². The summed E-state index contributed by atoms with van der Waals surface area (Å²) in [4.78, 5) is 11.0. The first-order valence-corrected chi connectivity index (χ1v) is 5.00. The van der Waals surface area contributed by atoms with Crippen LogP contribution >= 0.6 is 15.9 Å². The molecule has 0 aliphatic rings. The van der Waals surface area contributed by atoms with Crippen LogP contribution in [0.5, 0.6) is 0 Å². The van der Waals surface area contributed by atoms with Crippen LogP contribution in [0, 0.1) is 0 Å². The van der Waals surface area contributed by atoms with Crippen molar-refractivity contribution >= 4 is 21.9 Å². The maximum absolute atomic E-state index is 11.0. The van der Waals surface area contributed by atoms with E-state index in [9.17, 15) is 4.79 Å². The number of aryl methyl sites for hydroxylation is 1. The molecule has 0 aromatic carbocycles. The molecule has 78 valence electrons. The fourth-order valence-electron chi connectivity index (χ4n) is 1.54. The summed E-state index contributed by atoms with van der Waals surface area (Å²) in [5, 5.41) is 13.1. The van der Waals surface area contributed by atoms with E-state index >= 15 is 0 Å². The summed E-state index contributed by atoms with van der Waals surface area (Å²) in [6, 6.07) is 0. The molecule has 0 unspecified atom stereocenters. The van der Waals surface area contributed by atoms with Crippen molar-refractivity contribution in [3.63, 3.8) is 0 Å². The van der Waals surface area contributed by atoms with Crippen molar-refractivity contribution in [2.45, 2.75) is 26.2 Å². The second-order valence-corrected chi connectivity index (χ2v) is 4.94. The lowest BCUT2D eigenvalue weighted by Crippen LogP contribution is -2.20. The van der Waals surface area contributed by atoms with Crippen molar-refractivity contribution in [1.82, 2.24) is 9.78 Å². The summed E-state index contributed by atoms with van der Waals surface area (Å²) in [6.45, 7) is 5.88. The van der Waals surface area contributed by atoms with Gasteiger partial charge in [0.1, 0.15) is 10.2 Å². The Labute approximate surface area is 91.1 Å². The fraction of sp³-hybridized carbons (Fsp3) is 0.556. The molecule has 5 heteroatoms. The number of carbonyl (C=O) groups is 1. The van der Waals surface area contributed by atoms with E-state index in [1.807, 2.05) is 20.8 Å². The summed E-state index contributed by atoms with van der Waals surface area (Å²) in [7, 11) is 1.75. The van der Waals surface area contributed by atoms with Crippen molar-refractivity contribution in [3.8, 4) is 0 Å². The second-order valence-electron chi connectivity index (χ2n) is 4.19. The summed E-state index contributed by atoms with van der Waals surface area (Å²) >= 11 is 3.15. The van der Waals surface area contributed by atoms with E-state index in [0.717, 1.165) is 5.69 Å². The van der Waals surface area contributed by atoms with Gasteiger partial charge in [0.05, 0.1) is 5.69 Å². The van der Waals surface area contributed by atoms with Crippen molar-refractivity contribution in [2.75, 3.05) is 0 Å². The number of carboxylic acid groups (broad SMARTS) is 1. The molecule has 0 saturated heterocycles. The Balaban J connectivity index is 3.48. The number of hydrogen-bond donors (Lipinski definition) is 1. The number of aromatic nitrogens is 2. The largest absolute Gasteiger partial charge is 0.478 e. The Morgan fingerprint density at radius 1 is 1.50 bits per heavy atom. The van der Waals surface area contributed by atoms with E-state index < -0.39 is 5.97 Å². The average Bonchev–Trinajstić information content (AvgIpc) is 2.23. The molecular formula is C9H13BrN2O2. The standard InChI is InChI=1S/C9H13BrN2O2/c1-9(2,3)6-5(8(13)14)7(10)11-12(6)4/h1-4H3,(H,13,14). The molecule has 0 fully saturated rings. The average molecular weight is 261 g/mol. The molecule has 4 nitrogen and oxygen atoms in total. The maximum Gasteiger partial charge on any atom is 0.340 e. The Morgan fingerprint density at radius 2 is 2.00 bits per heavy atom. The molecule has 14 heavy (non-hydrogen) atoms. The number of halogens is 1. The third-order valence-electron chi connectivity index (χ3n) is 1.93. The second kappa shape index (κ2) is 3.38. The highest BCUT2D eigenvalue weighted by Gasteiger charge is 2.28. The van der Waals surface area contributed by atoms with Crippen LogP contribution in [0.2, 0.25) is 0 Å². The molecule has 1 aromatic heterocycles. The van der Waals surface area contributed by atoms with Crippen molar-refractivity contribution in [1.29, 1.82) is 0 Å². The molecule has 0 atom stereocenters. The van der Waals surface area contributed by atoms with Gasteiger partial charge in [-0.3, -0.25) is 4.68 Å². The third-order valence-corrected chi connectivity index (χ3v) is 2.48. The quantitative estimate of drug-likeness (QED) is 0.842. The lowest BCUT2D eigenvalue weighted by molar-refractivity contribution is 0.0693. The van der Waals surface area contributed by atoms with Gasteiger partial charge in [-0.05, 0) is 15.9 Å². The van der Waals surface area contributed by atoms with Crippen molar-refractivity contribution in [3.05, 3.63) is 15.9 Å². The molecule has 0 saturated carbocycles. The van der Waals surface area contributed by atoms with Crippen LogP contribution in [0.3, 0.4) is 0 Å². The van der Waals surface area contributed by atoms with Gasteiger partial charge in [0.15, 0.2) is 0 Å². The predicted octanol–water partition coefficient (Wildman–Crippen LogP) is 2.18. The normalized spacial score (nSPS) is 11.8. The Morgan fingerprint density at radius 3 is 2.29 bits per heavy atom. The molecule has 0 spiro atoms. The van der Waals surface area contributed by atoms with Crippen LogP contribution in [0.15, 0.2) is 4.60 Å². The van der Waals surface area contributed by atoms with Crippen LogP contribution in [0.4, 0.5) is 0 Å². The zero-order valence-electron chi connectivity index (χ0n) is 8.63. The number of hydrogen-bond acceptors (Lipinski definition) is 2. The van der Waals surface area contributed by atoms with E-state index in [-0.39, 0.29) is 11.0 Å². The summed E-state index contributed by atoms with van der Waals surface area (Å²) < 4.78 is 1.99. The SMILES string of the molecule is Cn1nc(Br)c(C(=O)O)c1C(C)(C)C. The van der Waals surface area contributed by atoms with Gasteiger partial charge in [-0.25, -0.2) is 4.79 Å². The summed E-state index contributed by atoms with van der Waals surface area (Å²) in [5.41, 5.74) is 0.735. The summed E-state index contributed by atoms with van der Waals surface area (Å²) in [6.07, 6.45) is 0. The van der Waals surface area contributed by atoms with Gasteiger partial charge in [0.25, 0.3) is 0 Å². The minimum absolute atomic E-state index is 0.235. The van der Waals surface area contributed by atoms with Gasteiger partial charge in [-0.15, -0.1) is 0 Å². The Hall–Kier alpha value is -0.840. The molecule has 0 radical (unpaired) electrons. The number of nitrogens with zero attached hydrogens (tertiary/aromatic N) is 2. The predicted molar refractivity (Wildman–Crippen MR) is 56.6 cm³/mol. The molecule has 1 N–H and O–H groups in total. The van der Waals surface area contributed by atoms with E-state index in [2.05, 4.69) is 21.0 Å². The third kappa shape index (κ3) is 1.82. The summed E-state index contributed by atoms with van der Waals surface area (Å²) in [5.74, 6) is -0.949. The molecule has 1 rings (SSSR count). The number of rotatable bonds is 1. The van der Waals surface area contributed by atoms with E-state index in [4.69, 9.17) is 5.11 Å². The lowest BCUT2D eigenvalue weighted by Gasteiger charge is -2.19. The van der Waals surface area contributed by atoms with Crippen molar-refractivity contribution in [2.24, 2.45) is 7.05 Å². The first-order valence-electron chi connectivity index (χ1n) is 4.21. The highest BCUT2D eigenvalue weighted by molar-refractivity contribution is 9.10.